The molecule has 8 nitrogen and oxygen atoms in total. The van der Waals surface area contributed by atoms with Crippen molar-refractivity contribution in [1.82, 2.24) is 15.0 Å². The summed E-state index contributed by atoms with van der Waals surface area (Å²) in [4.78, 5) is 17.0. The molecule has 0 spiro atoms. The number of likely N-dealkylation sites (tertiary alicyclic amines) is 1. The molecular formula is C24H30F4N4O4. The second-order valence-electron chi connectivity index (χ2n) is 8.97. The summed E-state index contributed by atoms with van der Waals surface area (Å²) in [7, 11) is 0. The van der Waals surface area contributed by atoms with Crippen molar-refractivity contribution >= 4 is 11.8 Å². The van der Waals surface area contributed by atoms with E-state index in [4.69, 9.17) is 9.26 Å². The molecule has 2 aliphatic heterocycles. The lowest BCUT2D eigenvalue weighted by Gasteiger charge is -2.38. The lowest BCUT2D eigenvalue weighted by molar-refractivity contribution is -0.275. The van der Waals surface area contributed by atoms with Crippen LogP contribution < -0.4 is 10.1 Å². The SMILES string of the molecule is CCC1CC(c2cc(NCCN3CCOCC3)on2)CCN1C(=O)c1ccc(OC(F)(F)F)c(F)c1. The van der Waals surface area contributed by atoms with Crippen LogP contribution in [0.4, 0.5) is 23.4 Å². The molecule has 198 valence electrons. The number of nitrogens with one attached hydrogen (secondary N) is 1. The summed E-state index contributed by atoms with van der Waals surface area (Å²) >= 11 is 0. The van der Waals surface area contributed by atoms with Gasteiger partial charge in [0.2, 0.25) is 5.88 Å². The van der Waals surface area contributed by atoms with Crippen molar-refractivity contribution in [3.63, 3.8) is 0 Å². The summed E-state index contributed by atoms with van der Waals surface area (Å²) in [6.45, 7) is 7.29. The van der Waals surface area contributed by atoms with Gasteiger partial charge in [-0.25, -0.2) is 4.39 Å². The summed E-state index contributed by atoms with van der Waals surface area (Å²) in [5.74, 6) is -1.94. The molecule has 12 heteroatoms. The standard InChI is InChI=1S/C24H30F4N4O4/c1-2-18-13-16(20-15-22(36-30-20)29-6-8-31-9-11-34-12-10-31)5-7-32(18)23(33)17-3-4-21(19(25)14-17)35-24(26,27)28/h3-4,14-16,18,29H,2,5-13H2,1H3. The molecule has 1 aromatic carbocycles. The van der Waals surface area contributed by atoms with E-state index in [-0.39, 0.29) is 17.5 Å². The van der Waals surface area contributed by atoms with Crippen LogP contribution >= 0.6 is 0 Å². The first-order valence-electron chi connectivity index (χ1n) is 12.1. The Morgan fingerprint density at radius 1 is 1.22 bits per heavy atom. The van der Waals surface area contributed by atoms with Crippen LogP contribution in [0.25, 0.3) is 0 Å². The van der Waals surface area contributed by atoms with Gasteiger partial charge in [-0.15, -0.1) is 13.2 Å². The van der Waals surface area contributed by atoms with Crippen LogP contribution in [-0.4, -0.2) is 79.2 Å². The third-order valence-electron chi connectivity index (χ3n) is 6.63. The van der Waals surface area contributed by atoms with E-state index < -0.39 is 23.8 Å². The first-order chi connectivity index (χ1) is 17.2. The molecule has 0 aliphatic carbocycles. The van der Waals surface area contributed by atoms with Gasteiger partial charge in [0.1, 0.15) is 0 Å². The smallest absolute Gasteiger partial charge is 0.403 e. The number of piperidine rings is 1. The molecule has 1 N–H and O–H groups in total. The third-order valence-corrected chi connectivity index (χ3v) is 6.63. The molecule has 4 rings (SSSR count). The Labute approximate surface area is 206 Å². The van der Waals surface area contributed by atoms with Gasteiger partial charge in [-0.2, -0.15) is 0 Å². The molecule has 1 amide bonds. The topological polar surface area (TPSA) is 80.1 Å². The Kier molecular flexibility index (Phi) is 8.35. The van der Waals surface area contributed by atoms with Crippen LogP contribution in [0.3, 0.4) is 0 Å². The quantitative estimate of drug-likeness (QED) is 0.528. The van der Waals surface area contributed by atoms with E-state index in [0.717, 1.165) is 63.3 Å². The number of hydrogen-bond acceptors (Lipinski definition) is 7. The van der Waals surface area contributed by atoms with Crippen LogP contribution in [-0.2, 0) is 4.74 Å². The maximum atomic E-state index is 14.1. The Hall–Kier alpha value is -2.86. The fourth-order valence-electron chi connectivity index (χ4n) is 4.71. The molecule has 0 bridgehead atoms. The van der Waals surface area contributed by atoms with Gasteiger partial charge < -0.3 is 24.2 Å². The Morgan fingerprint density at radius 3 is 2.69 bits per heavy atom. The summed E-state index contributed by atoms with van der Waals surface area (Å²) in [5, 5.41) is 7.48. The average molecular weight is 515 g/mol. The Balaban J connectivity index is 1.33. The number of rotatable bonds is 8. The van der Waals surface area contributed by atoms with Crippen LogP contribution in [0.15, 0.2) is 28.8 Å². The zero-order chi connectivity index (χ0) is 25.7. The van der Waals surface area contributed by atoms with Crippen molar-refractivity contribution in [2.24, 2.45) is 0 Å². The predicted molar refractivity (Wildman–Crippen MR) is 122 cm³/mol. The molecule has 2 unspecified atom stereocenters. The van der Waals surface area contributed by atoms with Crippen molar-refractivity contribution < 1.29 is 36.4 Å². The fraction of sp³-hybridized carbons (Fsp3) is 0.583. The van der Waals surface area contributed by atoms with E-state index in [1.807, 2.05) is 13.0 Å². The molecule has 1 aromatic heterocycles. The van der Waals surface area contributed by atoms with Crippen molar-refractivity contribution in [3.05, 3.63) is 41.3 Å². The van der Waals surface area contributed by atoms with E-state index in [1.165, 1.54) is 0 Å². The zero-order valence-electron chi connectivity index (χ0n) is 20.0. The van der Waals surface area contributed by atoms with Gasteiger partial charge in [0.05, 0.1) is 18.9 Å². The van der Waals surface area contributed by atoms with Crippen LogP contribution in [0.1, 0.15) is 48.2 Å². The van der Waals surface area contributed by atoms with E-state index >= 15 is 0 Å². The van der Waals surface area contributed by atoms with Crippen molar-refractivity contribution in [3.8, 4) is 5.75 Å². The van der Waals surface area contributed by atoms with Gasteiger partial charge in [0.15, 0.2) is 11.6 Å². The molecule has 0 saturated carbocycles. The Morgan fingerprint density at radius 2 is 2.00 bits per heavy atom. The number of amides is 1. The van der Waals surface area contributed by atoms with E-state index in [0.29, 0.717) is 31.7 Å². The van der Waals surface area contributed by atoms with Gasteiger partial charge in [-0.1, -0.05) is 12.1 Å². The van der Waals surface area contributed by atoms with Gasteiger partial charge >= 0.3 is 6.36 Å². The highest BCUT2D eigenvalue weighted by Gasteiger charge is 2.35. The van der Waals surface area contributed by atoms with Crippen LogP contribution in [0, 0.1) is 5.82 Å². The number of ether oxygens (including phenoxy) is 2. The number of nitrogens with zero attached hydrogens (tertiary/aromatic N) is 3. The largest absolute Gasteiger partial charge is 0.573 e. The number of carbonyl (C=O) groups excluding carboxylic acids is 1. The van der Waals surface area contributed by atoms with Crippen molar-refractivity contribution in [2.75, 3.05) is 51.3 Å². The number of benzene rings is 1. The lowest BCUT2D eigenvalue weighted by atomic mass is 9.87. The number of hydrogen-bond donors (Lipinski definition) is 1. The Bertz CT molecular complexity index is 1030. The van der Waals surface area contributed by atoms with Crippen LogP contribution in [0.5, 0.6) is 5.75 Å². The van der Waals surface area contributed by atoms with Crippen LogP contribution in [0.2, 0.25) is 0 Å². The number of carbonyl (C=O) groups is 1. The molecule has 36 heavy (non-hydrogen) atoms. The molecule has 0 radical (unpaired) electrons. The van der Waals surface area contributed by atoms with E-state index in [1.54, 1.807) is 4.90 Å². The molecule has 2 atom stereocenters. The van der Waals surface area contributed by atoms with Gasteiger partial charge in [0.25, 0.3) is 5.91 Å². The second-order valence-corrected chi connectivity index (χ2v) is 8.97. The minimum Gasteiger partial charge on any atom is -0.403 e. The molecule has 2 fully saturated rings. The summed E-state index contributed by atoms with van der Waals surface area (Å²) in [6, 6.07) is 4.53. The zero-order valence-corrected chi connectivity index (χ0v) is 20.0. The summed E-state index contributed by atoms with van der Waals surface area (Å²) < 4.78 is 65.8. The number of morpholine rings is 1. The van der Waals surface area contributed by atoms with Crippen molar-refractivity contribution in [1.29, 1.82) is 0 Å². The first kappa shape index (κ1) is 26.2. The molecule has 2 saturated heterocycles. The average Bonchev–Trinajstić information content (AvgIpc) is 3.33. The highest BCUT2D eigenvalue weighted by Crippen LogP contribution is 2.34. The van der Waals surface area contributed by atoms with E-state index in [2.05, 4.69) is 20.1 Å². The van der Waals surface area contributed by atoms with Crippen molar-refractivity contribution in [2.45, 2.75) is 44.5 Å². The maximum Gasteiger partial charge on any atom is 0.573 e. The van der Waals surface area contributed by atoms with E-state index in [9.17, 15) is 22.4 Å². The number of anilines is 1. The lowest BCUT2D eigenvalue weighted by Crippen LogP contribution is -2.45. The summed E-state index contributed by atoms with van der Waals surface area (Å²) in [6.07, 6.45) is -3.05. The highest BCUT2D eigenvalue weighted by atomic mass is 19.4. The minimum atomic E-state index is -5.01. The number of alkyl halides is 3. The molecule has 2 aromatic rings. The maximum absolute atomic E-state index is 14.1. The molecule has 2 aliphatic rings. The first-order valence-corrected chi connectivity index (χ1v) is 12.1. The minimum absolute atomic E-state index is 0.0212. The summed E-state index contributed by atoms with van der Waals surface area (Å²) in [5.41, 5.74) is 0.793. The normalized spacial score (nSPS) is 21.4. The fourth-order valence-corrected chi connectivity index (χ4v) is 4.71. The number of halogens is 4. The highest BCUT2D eigenvalue weighted by molar-refractivity contribution is 5.94. The predicted octanol–water partition coefficient (Wildman–Crippen LogP) is 4.25. The molecular weight excluding hydrogens is 484 g/mol. The second kappa shape index (κ2) is 11.5. The third kappa shape index (κ3) is 6.67. The van der Waals surface area contributed by atoms with Gasteiger partial charge in [-0.3, -0.25) is 9.69 Å². The monoisotopic (exact) mass is 514 g/mol. The van der Waals surface area contributed by atoms with Gasteiger partial charge in [0, 0.05) is 56.3 Å². The van der Waals surface area contributed by atoms with Gasteiger partial charge in [-0.05, 0) is 37.5 Å². The number of aromatic nitrogens is 1. The molecule has 3 heterocycles.